The highest BCUT2D eigenvalue weighted by atomic mass is 16.5. The molecule has 0 saturated heterocycles. The minimum atomic E-state index is -0.0587. The quantitative estimate of drug-likeness (QED) is 0.156. The lowest BCUT2D eigenvalue weighted by Gasteiger charge is -2.21. The number of unbranched alkanes of at least 4 members (excludes halogenated alkanes) is 14. The topological polar surface area (TPSA) is 29.5 Å². The van der Waals surface area contributed by atoms with Gasteiger partial charge >= 0.3 is 5.97 Å². The van der Waals surface area contributed by atoms with Crippen molar-refractivity contribution in [2.45, 2.75) is 124 Å². The third-order valence-electron chi connectivity index (χ3n) is 5.31. The Morgan fingerprint density at radius 3 is 1.33 bits per heavy atom. The van der Waals surface area contributed by atoms with E-state index in [4.69, 9.17) is 4.74 Å². The van der Waals surface area contributed by atoms with Crippen LogP contribution in [0.3, 0.4) is 0 Å². The Morgan fingerprint density at radius 1 is 0.593 bits per heavy atom. The smallest absolute Gasteiger partial charge is 0.320 e. The number of carbonyl (C=O) groups excluding carboxylic acids is 1. The highest BCUT2D eigenvalue weighted by Gasteiger charge is 2.11. The van der Waals surface area contributed by atoms with Crippen LogP contribution in [0, 0.1) is 0 Å². The molecule has 0 aliphatic heterocycles. The Hall–Kier alpha value is -0.570. The van der Waals surface area contributed by atoms with Crippen LogP contribution in [-0.4, -0.2) is 37.1 Å². The van der Waals surface area contributed by atoms with Crippen LogP contribution in [0.25, 0.3) is 0 Å². The zero-order valence-electron chi connectivity index (χ0n) is 18.9. The second kappa shape index (κ2) is 21.7. The molecule has 0 aromatic heterocycles. The first kappa shape index (κ1) is 26.4. The van der Waals surface area contributed by atoms with Gasteiger partial charge in [0.2, 0.25) is 0 Å². The molecule has 0 fully saturated rings. The fraction of sp³-hybridized carbons (Fsp3) is 0.958. The fourth-order valence-corrected chi connectivity index (χ4v) is 3.60. The van der Waals surface area contributed by atoms with Gasteiger partial charge in [0.25, 0.3) is 0 Å². The van der Waals surface area contributed by atoms with Gasteiger partial charge in [0.15, 0.2) is 0 Å². The van der Waals surface area contributed by atoms with Crippen molar-refractivity contribution in [2.24, 2.45) is 0 Å². The largest absolute Gasteiger partial charge is 0.465 e. The van der Waals surface area contributed by atoms with E-state index in [0.29, 0.717) is 13.2 Å². The molecule has 0 spiro atoms. The molecule has 3 nitrogen and oxygen atoms in total. The first-order valence-electron chi connectivity index (χ1n) is 12.1. The van der Waals surface area contributed by atoms with Crippen molar-refractivity contribution in [3.63, 3.8) is 0 Å². The first-order chi connectivity index (χ1) is 13.2. The molecule has 0 radical (unpaired) electrons. The molecule has 0 unspecified atom stereocenters. The van der Waals surface area contributed by atoms with Gasteiger partial charge in [-0.3, -0.25) is 9.69 Å². The molecule has 0 aliphatic carbocycles. The van der Waals surface area contributed by atoms with Crippen molar-refractivity contribution in [1.29, 1.82) is 0 Å². The van der Waals surface area contributed by atoms with Crippen LogP contribution in [-0.2, 0) is 9.53 Å². The summed E-state index contributed by atoms with van der Waals surface area (Å²) in [6.07, 6.45) is 21.4. The molecule has 162 valence electrons. The normalized spacial score (nSPS) is 11.3. The van der Waals surface area contributed by atoms with Crippen molar-refractivity contribution in [3.8, 4) is 0 Å². The molecular formula is C24H49NO2. The van der Waals surface area contributed by atoms with Crippen LogP contribution in [0.15, 0.2) is 0 Å². The molecule has 0 heterocycles. The van der Waals surface area contributed by atoms with Gasteiger partial charge in [0.1, 0.15) is 0 Å². The Balaban J connectivity index is 3.82. The summed E-state index contributed by atoms with van der Waals surface area (Å²) in [7, 11) is 0. The maximum Gasteiger partial charge on any atom is 0.320 e. The number of hydrogen-bond donors (Lipinski definition) is 0. The van der Waals surface area contributed by atoms with E-state index in [0.717, 1.165) is 13.1 Å². The number of ether oxygens (including phenoxy) is 1. The van der Waals surface area contributed by atoms with Gasteiger partial charge in [0.05, 0.1) is 13.2 Å². The molecule has 27 heavy (non-hydrogen) atoms. The standard InChI is InChI=1S/C24H49NO2/c1-4-7-9-11-13-15-17-19-21-25(23-24(26)27-6-3)22-20-18-16-14-12-10-8-5-2/h4-23H2,1-3H3. The van der Waals surface area contributed by atoms with Crippen molar-refractivity contribution < 1.29 is 9.53 Å². The third-order valence-corrected chi connectivity index (χ3v) is 5.31. The van der Waals surface area contributed by atoms with Gasteiger partial charge in [-0.1, -0.05) is 104 Å². The molecule has 0 aromatic carbocycles. The molecule has 0 amide bonds. The fourth-order valence-electron chi connectivity index (χ4n) is 3.60. The molecule has 0 bridgehead atoms. The second-order valence-electron chi connectivity index (χ2n) is 8.03. The van der Waals surface area contributed by atoms with Crippen molar-refractivity contribution in [1.82, 2.24) is 4.90 Å². The van der Waals surface area contributed by atoms with E-state index in [9.17, 15) is 4.79 Å². The lowest BCUT2D eigenvalue weighted by Crippen LogP contribution is -2.32. The van der Waals surface area contributed by atoms with Crippen LogP contribution in [0.2, 0.25) is 0 Å². The number of carbonyl (C=O) groups is 1. The van der Waals surface area contributed by atoms with Crippen LogP contribution < -0.4 is 0 Å². The van der Waals surface area contributed by atoms with Gasteiger partial charge < -0.3 is 4.74 Å². The van der Waals surface area contributed by atoms with Gasteiger partial charge in [-0.2, -0.15) is 0 Å². The summed E-state index contributed by atoms with van der Waals surface area (Å²) < 4.78 is 5.16. The maximum absolute atomic E-state index is 11.9. The summed E-state index contributed by atoms with van der Waals surface area (Å²) in [6, 6.07) is 0. The summed E-state index contributed by atoms with van der Waals surface area (Å²) in [4.78, 5) is 14.2. The van der Waals surface area contributed by atoms with E-state index in [2.05, 4.69) is 18.7 Å². The SMILES string of the molecule is CCCCCCCCCCN(CCCCCCCCCC)CC(=O)OCC. The van der Waals surface area contributed by atoms with E-state index in [1.807, 2.05) is 6.92 Å². The molecule has 0 rings (SSSR count). The molecule has 0 aliphatic rings. The van der Waals surface area contributed by atoms with E-state index in [1.165, 1.54) is 103 Å². The van der Waals surface area contributed by atoms with Crippen LogP contribution >= 0.6 is 0 Å². The number of esters is 1. The van der Waals surface area contributed by atoms with Crippen molar-refractivity contribution >= 4 is 5.97 Å². The maximum atomic E-state index is 11.9. The van der Waals surface area contributed by atoms with Gasteiger partial charge in [-0.25, -0.2) is 0 Å². The van der Waals surface area contributed by atoms with E-state index in [1.54, 1.807) is 0 Å². The predicted octanol–water partition coefficient (Wildman–Crippen LogP) is 7.13. The minimum Gasteiger partial charge on any atom is -0.465 e. The summed E-state index contributed by atoms with van der Waals surface area (Å²) in [5.41, 5.74) is 0. The predicted molar refractivity (Wildman–Crippen MR) is 118 cm³/mol. The Morgan fingerprint density at radius 2 is 0.963 bits per heavy atom. The van der Waals surface area contributed by atoms with Crippen LogP contribution in [0.1, 0.15) is 124 Å². The van der Waals surface area contributed by atoms with Crippen LogP contribution in [0.5, 0.6) is 0 Å². The highest BCUT2D eigenvalue weighted by Crippen LogP contribution is 2.11. The lowest BCUT2D eigenvalue weighted by molar-refractivity contribution is -0.144. The van der Waals surface area contributed by atoms with Crippen molar-refractivity contribution in [2.75, 3.05) is 26.2 Å². The van der Waals surface area contributed by atoms with E-state index >= 15 is 0 Å². The molecular weight excluding hydrogens is 334 g/mol. The minimum absolute atomic E-state index is 0.0587. The van der Waals surface area contributed by atoms with Crippen molar-refractivity contribution in [3.05, 3.63) is 0 Å². The molecule has 3 heteroatoms. The Labute approximate surface area is 170 Å². The Kier molecular flexibility index (Phi) is 21.3. The summed E-state index contributed by atoms with van der Waals surface area (Å²) in [5, 5.41) is 0. The molecule has 0 atom stereocenters. The monoisotopic (exact) mass is 383 g/mol. The highest BCUT2D eigenvalue weighted by molar-refractivity contribution is 5.71. The van der Waals surface area contributed by atoms with Gasteiger partial charge in [-0.15, -0.1) is 0 Å². The second-order valence-corrected chi connectivity index (χ2v) is 8.03. The van der Waals surface area contributed by atoms with Gasteiger partial charge in [-0.05, 0) is 32.9 Å². The number of nitrogens with zero attached hydrogens (tertiary/aromatic N) is 1. The first-order valence-corrected chi connectivity index (χ1v) is 12.1. The summed E-state index contributed by atoms with van der Waals surface area (Å²) in [5.74, 6) is -0.0587. The summed E-state index contributed by atoms with van der Waals surface area (Å²) >= 11 is 0. The van der Waals surface area contributed by atoms with Crippen LogP contribution in [0.4, 0.5) is 0 Å². The van der Waals surface area contributed by atoms with E-state index in [-0.39, 0.29) is 5.97 Å². The molecule has 0 saturated carbocycles. The zero-order valence-corrected chi connectivity index (χ0v) is 18.9. The Bertz CT molecular complexity index is 287. The lowest BCUT2D eigenvalue weighted by atomic mass is 10.1. The summed E-state index contributed by atoms with van der Waals surface area (Å²) in [6.45, 7) is 9.48. The number of hydrogen-bond acceptors (Lipinski definition) is 3. The molecule has 0 N–H and O–H groups in total. The molecule has 0 aromatic rings. The van der Waals surface area contributed by atoms with Gasteiger partial charge in [0, 0.05) is 0 Å². The third kappa shape index (κ3) is 20.0. The average Bonchev–Trinajstić information content (AvgIpc) is 2.66. The zero-order chi connectivity index (χ0) is 20.0. The van der Waals surface area contributed by atoms with E-state index < -0.39 is 0 Å². The number of rotatable bonds is 21. The average molecular weight is 384 g/mol.